The summed E-state index contributed by atoms with van der Waals surface area (Å²) in [6.07, 6.45) is -4.22. The predicted octanol–water partition coefficient (Wildman–Crippen LogP) is 6.98. The van der Waals surface area contributed by atoms with Gasteiger partial charge in [-0.05, 0) is 59.4 Å². The average Bonchev–Trinajstić information content (AvgIpc) is 2.93. The summed E-state index contributed by atoms with van der Waals surface area (Å²) in [5.41, 5.74) is -0.216. The summed E-state index contributed by atoms with van der Waals surface area (Å²) in [5.74, 6) is -5.86. The van der Waals surface area contributed by atoms with E-state index >= 15 is 4.39 Å². The number of halogens is 6. The fraction of sp³-hybridized carbons (Fsp3) is 0.344. The molecule has 3 aromatic carbocycles. The van der Waals surface area contributed by atoms with Crippen LogP contribution in [0.4, 0.5) is 31.1 Å². The van der Waals surface area contributed by atoms with Gasteiger partial charge in [-0.3, -0.25) is 9.90 Å². The number of allylic oxidation sites excluding steroid dienone is 1. The highest BCUT2D eigenvalue weighted by atomic mass is 19.3. The molecule has 1 saturated carbocycles. The molecule has 0 heterocycles. The summed E-state index contributed by atoms with van der Waals surface area (Å²) >= 11 is 0. The Bertz CT molecular complexity index is 1410. The molecule has 230 valence electrons. The second-order valence-electron chi connectivity index (χ2n) is 10.8. The van der Waals surface area contributed by atoms with Crippen LogP contribution in [0.1, 0.15) is 35.1 Å². The lowest BCUT2D eigenvalue weighted by Crippen LogP contribution is -2.56. The first-order valence-corrected chi connectivity index (χ1v) is 13.6. The van der Waals surface area contributed by atoms with Crippen LogP contribution in [0.15, 0.2) is 85.1 Å². The highest BCUT2D eigenvalue weighted by Gasteiger charge is 2.43. The van der Waals surface area contributed by atoms with Crippen LogP contribution < -0.4 is 10.6 Å². The van der Waals surface area contributed by atoms with Crippen LogP contribution in [0.5, 0.6) is 0 Å². The van der Waals surface area contributed by atoms with Crippen LogP contribution in [0, 0.1) is 17.6 Å². The normalized spacial score (nSPS) is 18.0. The second kappa shape index (κ2) is 13.1. The van der Waals surface area contributed by atoms with Gasteiger partial charge in [0.1, 0.15) is 11.6 Å². The van der Waals surface area contributed by atoms with E-state index in [4.69, 9.17) is 4.84 Å². The number of hydroxylamine groups is 2. The van der Waals surface area contributed by atoms with Crippen LogP contribution >= 0.6 is 0 Å². The maximum atomic E-state index is 15.0. The number of alkyl halides is 4. The fourth-order valence-electron chi connectivity index (χ4n) is 5.34. The summed E-state index contributed by atoms with van der Waals surface area (Å²) in [4.78, 5) is 18.7. The molecule has 0 aromatic heterocycles. The van der Waals surface area contributed by atoms with Crippen molar-refractivity contribution in [2.45, 2.75) is 49.6 Å². The Hall–Kier alpha value is -3.99. The second-order valence-corrected chi connectivity index (χ2v) is 10.8. The van der Waals surface area contributed by atoms with E-state index in [0.29, 0.717) is 24.0 Å². The van der Waals surface area contributed by atoms with E-state index in [1.807, 2.05) is 0 Å². The van der Waals surface area contributed by atoms with E-state index in [1.165, 1.54) is 25.3 Å². The van der Waals surface area contributed by atoms with Crippen molar-refractivity contribution in [1.29, 1.82) is 0 Å². The summed E-state index contributed by atoms with van der Waals surface area (Å²) in [7, 11) is 3.24. The van der Waals surface area contributed by atoms with Crippen LogP contribution in [-0.2, 0) is 23.2 Å². The highest BCUT2D eigenvalue weighted by molar-refractivity contribution is 5.76. The van der Waals surface area contributed by atoms with Gasteiger partial charge in [-0.25, -0.2) is 22.4 Å². The van der Waals surface area contributed by atoms with Gasteiger partial charge in [-0.15, -0.1) is 0 Å². The Morgan fingerprint density at radius 1 is 0.953 bits per heavy atom. The first-order valence-electron chi connectivity index (χ1n) is 13.6. The molecule has 0 saturated heterocycles. The number of carbonyl (C=O) groups excluding carboxylic acids is 1. The molecule has 1 aliphatic rings. The molecule has 5 nitrogen and oxygen atoms in total. The molecule has 2 N–H and O–H groups in total. The Balaban J connectivity index is 1.74. The number of rotatable bonds is 12. The van der Waals surface area contributed by atoms with Crippen molar-refractivity contribution in [2.75, 3.05) is 14.2 Å². The van der Waals surface area contributed by atoms with Crippen molar-refractivity contribution in [3.8, 4) is 0 Å². The highest BCUT2D eigenvalue weighted by Crippen LogP contribution is 2.38. The predicted molar refractivity (Wildman–Crippen MR) is 150 cm³/mol. The maximum Gasteiger partial charge on any atom is 0.315 e. The van der Waals surface area contributed by atoms with Crippen LogP contribution in [0.2, 0.25) is 0 Å². The van der Waals surface area contributed by atoms with Crippen molar-refractivity contribution in [1.82, 2.24) is 15.7 Å². The molecular weight excluding hydrogens is 572 g/mol. The Morgan fingerprint density at radius 3 is 2.21 bits per heavy atom. The molecule has 0 radical (unpaired) electrons. The number of nitrogens with one attached hydrogen (secondary N) is 2. The molecular formula is C32H33F6N3O2. The van der Waals surface area contributed by atoms with E-state index in [9.17, 15) is 26.7 Å². The third-order valence-electron chi connectivity index (χ3n) is 7.81. The van der Waals surface area contributed by atoms with Gasteiger partial charge in [0.2, 0.25) is 0 Å². The van der Waals surface area contributed by atoms with E-state index in [2.05, 4.69) is 17.2 Å². The topological polar surface area (TPSA) is 53.6 Å². The largest absolute Gasteiger partial charge is 0.335 e. The van der Waals surface area contributed by atoms with Crippen molar-refractivity contribution in [2.24, 2.45) is 5.92 Å². The standard InChI is InChI=1S/C32H33F6N3O2/c1-20(41(2)43-3)23-15-28(16-23)39-30(42)40-31(18-21-7-5-4-6-8-21,24-9-11-26(33)12-10-24)25-13-22(14-27(34)17-25)19-32(37,38)29(35)36/h4-14,17,23,28-29H,1,15-16,18-19H2,2-3H3,(H2,39,40,42)/t23?,28?,31-/m1/s1. The third kappa shape index (κ3) is 7.51. The molecule has 0 bridgehead atoms. The third-order valence-corrected chi connectivity index (χ3v) is 7.81. The lowest BCUT2D eigenvalue weighted by Gasteiger charge is -2.41. The molecule has 4 rings (SSSR count). The summed E-state index contributed by atoms with van der Waals surface area (Å²) in [6, 6.07) is 16.1. The van der Waals surface area contributed by atoms with Crippen molar-refractivity contribution < 1.29 is 36.0 Å². The summed E-state index contributed by atoms with van der Waals surface area (Å²) in [6.45, 7) is 4.01. The van der Waals surface area contributed by atoms with Crippen LogP contribution in [0.3, 0.4) is 0 Å². The summed E-state index contributed by atoms with van der Waals surface area (Å²) < 4.78 is 83.3. The smallest absolute Gasteiger partial charge is 0.315 e. The summed E-state index contributed by atoms with van der Waals surface area (Å²) in [5, 5.41) is 7.35. The van der Waals surface area contributed by atoms with Crippen molar-refractivity contribution >= 4 is 6.03 Å². The molecule has 3 aromatic rings. The van der Waals surface area contributed by atoms with Gasteiger partial charge in [-0.1, -0.05) is 55.1 Å². The van der Waals surface area contributed by atoms with Gasteiger partial charge >= 0.3 is 18.4 Å². The molecule has 1 atom stereocenters. The Morgan fingerprint density at radius 2 is 1.60 bits per heavy atom. The molecule has 1 fully saturated rings. The number of amides is 2. The lowest BCUT2D eigenvalue weighted by molar-refractivity contribution is -0.127. The number of hydrogen-bond acceptors (Lipinski definition) is 3. The number of hydrogen-bond donors (Lipinski definition) is 2. The zero-order valence-corrected chi connectivity index (χ0v) is 23.7. The first kappa shape index (κ1) is 31.9. The molecule has 0 spiro atoms. The molecule has 0 unspecified atom stereocenters. The van der Waals surface area contributed by atoms with Gasteiger partial charge in [-0.2, -0.15) is 8.78 Å². The van der Waals surface area contributed by atoms with Crippen molar-refractivity contribution in [3.63, 3.8) is 0 Å². The van der Waals surface area contributed by atoms with Gasteiger partial charge in [0.15, 0.2) is 0 Å². The molecule has 0 aliphatic heterocycles. The zero-order valence-electron chi connectivity index (χ0n) is 23.7. The van der Waals surface area contributed by atoms with Gasteiger partial charge in [0.05, 0.1) is 12.6 Å². The molecule has 1 aliphatic carbocycles. The van der Waals surface area contributed by atoms with Crippen LogP contribution in [0.25, 0.3) is 0 Å². The van der Waals surface area contributed by atoms with E-state index in [0.717, 1.165) is 30.0 Å². The van der Waals surface area contributed by atoms with Crippen LogP contribution in [-0.4, -0.2) is 43.6 Å². The minimum Gasteiger partial charge on any atom is -0.335 e. The Labute approximate surface area is 246 Å². The first-order chi connectivity index (χ1) is 20.3. The molecule has 43 heavy (non-hydrogen) atoms. The number of nitrogens with zero attached hydrogens (tertiary/aromatic N) is 1. The Kier molecular flexibility index (Phi) is 9.74. The van der Waals surface area contributed by atoms with E-state index in [1.54, 1.807) is 42.4 Å². The lowest BCUT2D eigenvalue weighted by atomic mass is 9.76. The quantitative estimate of drug-likeness (QED) is 0.173. The minimum atomic E-state index is -4.41. The maximum absolute atomic E-state index is 15.0. The van der Waals surface area contributed by atoms with Gasteiger partial charge in [0, 0.05) is 37.5 Å². The fourth-order valence-corrected chi connectivity index (χ4v) is 5.34. The zero-order chi connectivity index (χ0) is 31.4. The average molecular weight is 606 g/mol. The van der Waals surface area contributed by atoms with Gasteiger partial charge < -0.3 is 10.6 Å². The number of carbonyl (C=O) groups is 1. The SMILES string of the molecule is C=C(C1CC(NC(=O)N[C@](Cc2ccccc2)(c2ccc(F)cc2)c2cc(F)cc(CC(F)(F)C(F)F)c2)C1)N(C)OC. The van der Waals surface area contributed by atoms with E-state index in [-0.39, 0.29) is 29.5 Å². The number of urea groups is 1. The number of benzene rings is 3. The minimum absolute atomic E-state index is 0.00373. The van der Waals surface area contributed by atoms with Crippen molar-refractivity contribution in [3.05, 3.63) is 119 Å². The van der Waals surface area contributed by atoms with E-state index < -0.39 is 42.0 Å². The molecule has 2 amide bonds. The monoisotopic (exact) mass is 605 g/mol. The molecule has 11 heteroatoms. The van der Waals surface area contributed by atoms with Gasteiger partial charge in [0.25, 0.3) is 0 Å².